The summed E-state index contributed by atoms with van der Waals surface area (Å²) in [6.45, 7) is 3.78. The van der Waals surface area contributed by atoms with Crippen LogP contribution in [0.3, 0.4) is 0 Å². The van der Waals surface area contributed by atoms with Gasteiger partial charge in [0.05, 0.1) is 5.92 Å². The molecule has 4 atom stereocenters. The Morgan fingerprint density at radius 2 is 1.86 bits per heavy atom. The van der Waals surface area contributed by atoms with Gasteiger partial charge in [-0.3, -0.25) is 4.79 Å². The van der Waals surface area contributed by atoms with Crippen molar-refractivity contribution < 1.29 is 14.7 Å². The Kier molecular flexibility index (Phi) is 3.27. The predicted octanol–water partition coefficient (Wildman–Crippen LogP) is 0.825. The molecule has 110 valence electrons. The number of hydrogen-bond acceptors (Lipinski definition) is 4. The summed E-state index contributed by atoms with van der Waals surface area (Å²) in [6, 6.07) is 3.70. The van der Waals surface area contributed by atoms with E-state index in [-0.39, 0.29) is 17.7 Å². The lowest BCUT2D eigenvalue weighted by atomic mass is 9.82. The molecule has 1 aromatic heterocycles. The second kappa shape index (κ2) is 4.98. The molecule has 0 aliphatic heterocycles. The molecule has 1 aromatic rings. The van der Waals surface area contributed by atoms with Crippen LogP contribution in [0.2, 0.25) is 0 Å². The zero-order valence-corrected chi connectivity index (χ0v) is 12.0. The molecule has 3 rings (SSSR count). The molecular weight excluding hydrogens is 268 g/mol. The summed E-state index contributed by atoms with van der Waals surface area (Å²) in [5.74, 6) is -2.33. The predicted molar refractivity (Wildman–Crippen MR) is 75.1 cm³/mol. The van der Waals surface area contributed by atoms with E-state index >= 15 is 0 Å². The summed E-state index contributed by atoms with van der Waals surface area (Å²) in [7, 11) is 0. The number of allylic oxidation sites excluding steroid dienone is 2. The van der Waals surface area contributed by atoms with Gasteiger partial charge in [0.1, 0.15) is 5.82 Å². The van der Waals surface area contributed by atoms with Crippen LogP contribution in [0.4, 0.5) is 5.82 Å². The van der Waals surface area contributed by atoms with Gasteiger partial charge in [-0.25, -0.2) is 4.98 Å². The monoisotopic (exact) mass is 285 g/mol. The number of aliphatic carboxylic acids is 1. The van der Waals surface area contributed by atoms with Crippen molar-refractivity contribution in [2.24, 2.45) is 23.7 Å². The van der Waals surface area contributed by atoms with E-state index in [9.17, 15) is 14.7 Å². The number of aryl methyl sites for hydroxylation is 2. The first-order valence-corrected chi connectivity index (χ1v) is 7.11. The largest absolute Gasteiger partial charge is 0.550 e. The quantitative estimate of drug-likeness (QED) is 0.834. The molecule has 1 N–H and O–H groups in total. The number of amides is 1. The first kappa shape index (κ1) is 13.8. The van der Waals surface area contributed by atoms with Crippen molar-refractivity contribution in [1.82, 2.24) is 4.98 Å². The van der Waals surface area contributed by atoms with Crippen molar-refractivity contribution in [1.29, 1.82) is 0 Å². The van der Waals surface area contributed by atoms with Gasteiger partial charge in [-0.15, -0.1) is 0 Å². The lowest BCUT2D eigenvalue weighted by Crippen LogP contribution is -2.43. The molecule has 5 nitrogen and oxygen atoms in total. The number of nitrogens with one attached hydrogen (secondary N) is 1. The average molecular weight is 285 g/mol. The van der Waals surface area contributed by atoms with Crippen LogP contribution in [-0.4, -0.2) is 16.9 Å². The van der Waals surface area contributed by atoms with E-state index in [1.807, 2.05) is 32.1 Å². The van der Waals surface area contributed by atoms with Crippen LogP contribution in [0.5, 0.6) is 0 Å². The van der Waals surface area contributed by atoms with Gasteiger partial charge in [0.15, 0.2) is 0 Å². The number of aromatic nitrogens is 1. The van der Waals surface area contributed by atoms with Gasteiger partial charge >= 0.3 is 0 Å². The fourth-order valence-electron chi connectivity index (χ4n) is 3.62. The van der Waals surface area contributed by atoms with Gasteiger partial charge in [-0.05, 0) is 49.8 Å². The molecule has 21 heavy (non-hydrogen) atoms. The summed E-state index contributed by atoms with van der Waals surface area (Å²) in [5, 5.41) is 14.1. The van der Waals surface area contributed by atoms with Crippen LogP contribution in [-0.2, 0) is 9.59 Å². The Balaban J connectivity index is 1.82. The molecule has 2 bridgehead atoms. The summed E-state index contributed by atoms with van der Waals surface area (Å²) in [6.07, 6.45) is 4.56. The number of carbonyl (C=O) groups is 2. The average Bonchev–Trinajstić information content (AvgIpc) is 2.96. The minimum Gasteiger partial charge on any atom is -0.550 e. The second-order valence-electron chi connectivity index (χ2n) is 5.98. The van der Waals surface area contributed by atoms with Crippen molar-refractivity contribution in [3.63, 3.8) is 0 Å². The minimum absolute atomic E-state index is 0.0104. The third-order valence-electron chi connectivity index (χ3n) is 4.38. The molecule has 1 heterocycles. The van der Waals surface area contributed by atoms with Crippen LogP contribution in [0.25, 0.3) is 0 Å². The molecule has 2 aliphatic rings. The lowest BCUT2D eigenvalue weighted by molar-refractivity contribution is -0.313. The van der Waals surface area contributed by atoms with E-state index in [4.69, 9.17) is 0 Å². The number of carboxylic acid groups (broad SMARTS) is 1. The molecule has 1 amide bonds. The van der Waals surface area contributed by atoms with Crippen LogP contribution in [0.15, 0.2) is 24.3 Å². The molecule has 2 aliphatic carbocycles. The van der Waals surface area contributed by atoms with Gasteiger partial charge in [0.2, 0.25) is 5.91 Å². The van der Waals surface area contributed by atoms with E-state index in [1.165, 1.54) is 0 Å². The summed E-state index contributed by atoms with van der Waals surface area (Å²) in [4.78, 5) is 28.1. The second-order valence-corrected chi connectivity index (χ2v) is 5.98. The smallest absolute Gasteiger partial charge is 0.229 e. The SMILES string of the molecule is Cc1cc(C)nc(NC(=O)[C@H]2[C@@H](C(=O)[O-])[C@H]3C=C[C@H]2C3)c1. The zero-order chi connectivity index (χ0) is 15.1. The molecule has 0 radical (unpaired) electrons. The highest BCUT2D eigenvalue weighted by Gasteiger charge is 2.48. The molecule has 5 heteroatoms. The number of fused-ring (bicyclic) bond motifs is 2. The molecule has 0 unspecified atom stereocenters. The number of rotatable bonds is 3. The Morgan fingerprint density at radius 3 is 2.48 bits per heavy atom. The first-order valence-electron chi connectivity index (χ1n) is 7.11. The molecule has 0 spiro atoms. The fraction of sp³-hybridized carbons (Fsp3) is 0.438. The molecule has 1 saturated carbocycles. The molecule has 0 saturated heterocycles. The highest BCUT2D eigenvalue weighted by atomic mass is 16.4. The summed E-state index contributed by atoms with van der Waals surface area (Å²) >= 11 is 0. The van der Waals surface area contributed by atoms with Gasteiger partial charge in [-0.2, -0.15) is 0 Å². The first-order chi connectivity index (χ1) is 9.95. The van der Waals surface area contributed by atoms with Crippen LogP contribution in [0, 0.1) is 37.5 Å². The Hall–Kier alpha value is -2.17. The minimum atomic E-state index is -1.14. The van der Waals surface area contributed by atoms with Crippen LogP contribution in [0.1, 0.15) is 17.7 Å². The third-order valence-corrected chi connectivity index (χ3v) is 4.38. The van der Waals surface area contributed by atoms with Gasteiger partial charge in [-0.1, -0.05) is 12.2 Å². The fourth-order valence-corrected chi connectivity index (χ4v) is 3.62. The van der Waals surface area contributed by atoms with E-state index in [0.29, 0.717) is 5.82 Å². The Bertz CT molecular complexity index is 618. The Labute approximate surface area is 123 Å². The zero-order valence-electron chi connectivity index (χ0n) is 12.0. The van der Waals surface area contributed by atoms with E-state index < -0.39 is 17.8 Å². The highest BCUT2D eigenvalue weighted by molar-refractivity contribution is 5.95. The lowest BCUT2D eigenvalue weighted by Gasteiger charge is -2.27. The molecular formula is C16H17N2O3-. The topological polar surface area (TPSA) is 82.1 Å². The van der Waals surface area contributed by atoms with Gasteiger partial charge in [0.25, 0.3) is 0 Å². The van der Waals surface area contributed by atoms with Gasteiger partial charge in [0, 0.05) is 17.6 Å². The van der Waals surface area contributed by atoms with E-state index in [0.717, 1.165) is 17.7 Å². The Morgan fingerprint density at radius 1 is 1.19 bits per heavy atom. The normalized spacial score (nSPS) is 29.6. The summed E-state index contributed by atoms with van der Waals surface area (Å²) in [5.41, 5.74) is 1.82. The highest BCUT2D eigenvalue weighted by Crippen LogP contribution is 2.48. The number of anilines is 1. The molecule has 0 aromatic carbocycles. The van der Waals surface area contributed by atoms with E-state index in [1.54, 1.807) is 6.07 Å². The van der Waals surface area contributed by atoms with Crippen molar-refractivity contribution in [3.8, 4) is 0 Å². The van der Waals surface area contributed by atoms with Crippen LogP contribution < -0.4 is 10.4 Å². The van der Waals surface area contributed by atoms with Crippen molar-refractivity contribution in [2.75, 3.05) is 5.32 Å². The standard InChI is InChI=1S/C16H18N2O3/c1-8-5-9(2)17-12(6-8)18-15(19)13-10-3-4-11(7-10)14(13)16(20)21/h3-6,10-11,13-14H,7H2,1-2H3,(H,20,21)(H,17,18,19)/p-1/t10-,11-,13+,14-/m0/s1. The van der Waals surface area contributed by atoms with Crippen molar-refractivity contribution in [2.45, 2.75) is 20.3 Å². The number of nitrogens with zero attached hydrogens (tertiary/aromatic N) is 1. The van der Waals surface area contributed by atoms with E-state index in [2.05, 4.69) is 10.3 Å². The van der Waals surface area contributed by atoms with Gasteiger partial charge < -0.3 is 15.2 Å². The van der Waals surface area contributed by atoms with Crippen molar-refractivity contribution >= 4 is 17.7 Å². The molecule has 1 fully saturated rings. The number of carboxylic acids is 1. The number of hydrogen-bond donors (Lipinski definition) is 1. The maximum Gasteiger partial charge on any atom is 0.229 e. The maximum absolute atomic E-state index is 12.5. The van der Waals surface area contributed by atoms with Crippen LogP contribution >= 0.6 is 0 Å². The van der Waals surface area contributed by atoms with Crippen molar-refractivity contribution in [3.05, 3.63) is 35.5 Å². The number of carbonyl (C=O) groups excluding carboxylic acids is 2. The third kappa shape index (κ3) is 2.44. The number of pyridine rings is 1. The maximum atomic E-state index is 12.5. The summed E-state index contributed by atoms with van der Waals surface area (Å²) < 4.78 is 0.